The topological polar surface area (TPSA) is 175 Å². The number of fused-ring (bicyclic) bond motifs is 1. The highest BCUT2D eigenvalue weighted by molar-refractivity contribution is 8.00. The summed E-state index contributed by atoms with van der Waals surface area (Å²) in [5.74, 6) is -1.47. The van der Waals surface area contributed by atoms with E-state index < -0.39 is 33.5 Å². The molecule has 0 aliphatic carbocycles. The van der Waals surface area contributed by atoms with Gasteiger partial charge in [-0.2, -0.15) is 8.42 Å². The number of β-lactam (4-membered cyclic amide) rings is 1. The molecular weight excluding hydrogens is 460 g/mol. The molecule has 1 fully saturated rings. The van der Waals surface area contributed by atoms with Crippen molar-refractivity contribution in [1.82, 2.24) is 4.90 Å². The Kier molecular flexibility index (Phi) is 9.04. The lowest BCUT2D eigenvalue weighted by Gasteiger charge is -2.47. The van der Waals surface area contributed by atoms with Crippen LogP contribution in [0.4, 0.5) is 0 Å². The van der Waals surface area contributed by atoms with Crippen LogP contribution in [0.2, 0.25) is 0 Å². The van der Waals surface area contributed by atoms with E-state index >= 15 is 0 Å². The first kappa shape index (κ1) is 27.6. The van der Waals surface area contributed by atoms with Crippen LogP contribution < -0.4 is 5.73 Å². The Morgan fingerprint density at radius 3 is 1.97 bits per heavy atom. The summed E-state index contributed by atoms with van der Waals surface area (Å²) in [7, 11) is -4.02. The van der Waals surface area contributed by atoms with Crippen molar-refractivity contribution in [3.63, 3.8) is 0 Å². The van der Waals surface area contributed by atoms with E-state index in [1.807, 2.05) is 6.92 Å². The second-order valence-electron chi connectivity index (χ2n) is 8.21. The third-order valence-corrected chi connectivity index (χ3v) is 6.68. The van der Waals surface area contributed by atoms with E-state index in [1.165, 1.54) is 28.8 Å². The van der Waals surface area contributed by atoms with Gasteiger partial charge < -0.3 is 15.9 Å². The molecule has 2 atom stereocenters. The summed E-state index contributed by atoms with van der Waals surface area (Å²) in [5, 5.41) is 17.0. The second-order valence-corrected chi connectivity index (χ2v) is 10.7. The first-order valence-corrected chi connectivity index (χ1v) is 11.9. The second kappa shape index (κ2) is 10.5. The van der Waals surface area contributed by atoms with Gasteiger partial charge in [-0.3, -0.25) is 19.0 Å². The smallest absolute Gasteiger partial charge is 0.352 e. The lowest BCUT2D eigenvalue weighted by molar-refractivity contribution is -0.147. The predicted molar refractivity (Wildman–Crippen MR) is 119 cm³/mol. The van der Waals surface area contributed by atoms with Gasteiger partial charge in [0.1, 0.15) is 17.1 Å². The van der Waals surface area contributed by atoms with Crippen molar-refractivity contribution >= 4 is 39.7 Å². The van der Waals surface area contributed by atoms with Crippen molar-refractivity contribution in [1.29, 1.82) is 0 Å². The number of carboxylic acid groups (broad SMARTS) is 2. The Morgan fingerprint density at radius 2 is 1.59 bits per heavy atom. The zero-order valence-electron chi connectivity index (χ0n) is 18.4. The number of benzene rings is 1. The van der Waals surface area contributed by atoms with Crippen LogP contribution in [0.3, 0.4) is 0 Å². The summed E-state index contributed by atoms with van der Waals surface area (Å²) in [6.07, 6.45) is 0. The number of aryl methyl sites for hydroxylation is 1. The minimum absolute atomic E-state index is 0.0666. The molecule has 0 radical (unpaired) electrons. The van der Waals surface area contributed by atoms with Crippen molar-refractivity contribution < 1.29 is 37.6 Å². The summed E-state index contributed by atoms with van der Waals surface area (Å²) < 4.78 is 29.6. The van der Waals surface area contributed by atoms with Gasteiger partial charge in [-0.15, -0.1) is 11.8 Å². The molecule has 0 unspecified atom stereocenters. The molecular formula is C20H28N2O8S2. The van der Waals surface area contributed by atoms with Gasteiger partial charge in [0.15, 0.2) is 0 Å². The Labute approximate surface area is 191 Å². The van der Waals surface area contributed by atoms with Gasteiger partial charge >= 0.3 is 11.9 Å². The van der Waals surface area contributed by atoms with Gasteiger partial charge in [0.2, 0.25) is 5.91 Å². The Balaban J connectivity index is 0.000000256. The number of thioether (sulfide) groups is 1. The lowest BCUT2D eigenvalue weighted by Crippen LogP contribution is -2.68. The number of carboxylic acids is 2. The fourth-order valence-corrected chi connectivity index (χ4v) is 4.10. The maximum Gasteiger partial charge on any atom is 0.352 e. The van der Waals surface area contributed by atoms with Crippen LogP contribution in [-0.2, 0) is 24.5 Å². The van der Waals surface area contributed by atoms with Crippen LogP contribution in [0.1, 0.15) is 33.3 Å². The van der Waals surface area contributed by atoms with E-state index in [0.29, 0.717) is 5.75 Å². The van der Waals surface area contributed by atoms with Crippen LogP contribution in [-0.4, -0.2) is 63.1 Å². The van der Waals surface area contributed by atoms with Crippen molar-refractivity contribution in [3.8, 4) is 0 Å². The van der Waals surface area contributed by atoms with Gasteiger partial charge in [-0.25, -0.2) is 4.79 Å². The Bertz CT molecular complexity index is 1010. The Hall–Kier alpha value is -2.41. The van der Waals surface area contributed by atoms with Gasteiger partial charge in [-0.05, 0) is 52.3 Å². The van der Waals surface area contributed by atoms with Crippen molar-refractivity contribution in [2.24, 2.45) is 11.1 Å². The molecule has 2 aliphatic heterocycles. The Morgan fingerprint density at radius 1 is 1.12 bits per heavy atom. The van der Waals surface area contributed by atoms with Crippen molar-refractivity contribution in [2.45, 2.75) is 50.9 Å². The molecule has 1 aromatic rings. The average Bonchev–Trinajstić information content (AvgIpc) is 2.66. The highest BCUT2D eigenvalue weighted by atomic mass is 32.2. The maximum atomic E-state index is 11.3. The van der Waals surface area contributed by atoms with Crippen LogP contribution in [0.5, 0.6) is 0 Å². The molecule has 2 heterocycles. The third kappa shape index (κ3) is 7.05. The van der Waals surface area contributed by atoms with E-state index in [2.05, 4.69) is 0 Å². The fourth-order valence-electron chi connectivity index (χ4n) is 2.38. The molecule has 2 aliphatic rings. The van der Waals surface area contributed by atoms with E-state index in [0.717, 1.165) is 11.1 Å². The van der Waals surface area contributed by atoms with Gasteiger partial charge in [-0.1, -0.05) is 17.7 Å². The number of rotatable bonds is 2. The molecule has 1 amide bonds. The molecule has 12 heteroatoms. The number of carbonyl (C=O) groups excluding carboxylic acids is 1. The summed E-state index contributed by atoms with van der Waals surface area (Å²) in [5.41, 5.74) is 6.76. The first-order chi connectivity index (χ1) is 14.5. The van der Waals surface area contributed by atoms with Crippen LogP contribution in [0.25, 0.3) is 0 Å². The third-order valence-electron chi connectivity index (χ3n) is 4.36. The molecule has 1 saturated heterocycles. The number of hydrogen-bond acceptors (Lipinski definition) is 7. The average molecular weight is 489 g/mol. The van der Waals surface area contributed by atoms with Crippen LogP contribution in [0, 0.1) is 12.3 Å². The molecule has 0 bridgehead atoms. The molecule has 0 saturated carbocycles. The molecule has 0 spiro atoms. The van der Waals surface area contributed by atoms with Crippen LogP contribution >= 0.6 is 11.8 Å². The maximum absolute atomic E-state index is 11.3. The molecule has 10 nitrogen and oxygen atoms in total. The highest BCUT2D eigenvalue weighted by Gasteiger charge is 2.51. The van der Waals surface area contributed by atoms with Crippen molar-refractivity contribution in [3.05, 3.63) is 41.1 Å². The first-order valence-electron chi connectivity index (χ1n) is 9.39. The molecule has 32 heavy (non-hydrogen) atoms. The van der Waals surface area contributed by atoms with E-state index in [4.69, 9.17) is 20.5 Å². The minimum Gasteiger partial charge on any atom is -0.481 e. The zero-order valence-corrected chi connectivity index (χ0v) is 20.0. The molecule has 1 aromatic carbocycles. The molecule has 3 rings (SSSR count). The standard InChI is InChI=1S/C8H10N2O3S.C7H8O3S.C5H10O2/c1-3-2-14-7-4(9)6(11)10(7)5(3)8(12)13;1-6-2-4-7(5-3-6)11(8,9)10;1-5(2,3)4(6)7/h4,7H,2,9H2,1H3,(H,12,13);2-5H,1H3,(H,8,9,10);1-3H3,(H,6,7)/t4-,7-;;/m1../s1. The summed E-state index contributed by atoms with van der Waals surface area (Å²) in [6, 6.07) is 5.45. The molecule has 178 valence electrons. The largest absolute Gasteiger partial charge is 0.481 e. The van der Waals surface area contributed by atoms with Gasteiger partial charge in [0.05, 0.1) is 10.3 Å². The lowest BCUT2D eigenvalue weighted by atomic mass is 9.98. The minimum atomic E-state index is -4.02. The number of amides is 1. The van der Waals surface area contributed by atoms with Gasteiger partial charge in [0.25, 0.3) is 10.1 Å². The van der Waals surface area contributed by atoms with E-state index in [9.17, 15) is 22.8 Å². The number of carbonyl (C=O) groups is 3. The zero-order chi connectivity index (χ0) is 25.0. The predicted octanol–water partition coefficient (Wildman–Crippen LogP) is 1.95. The number of nitrogens with zero attached hydrogens (tertiary/aromatic N) is 1. The fraction of sp³-hybridized carbons (Fsp3) is 0.450. The monoisotopic (exact) mass is 488 g/mol. The number of aliphatic carboxylic acids is 2. The summed E-state index contributed by atoms with van der Waals surface area (Å²) in [4.78, 5) is 33.5. The molecule has 5 N–H and O–H groups in total. The van der Waals surface area contributed by atoms with Crippen molar-refractivity contribution in [2.75, 3.05) is 5.75 Å². The van der Waals surface area contributed by atoms with E-state index in [1.54, 1.807) is 39.8 Å². The number of hydrogen-bond donors (Lipinski definition) is 4. The summed E-state index contributed by atoms with van der Waals surface area (Å²) in [6.45, 7) is 8.55. The van der Waals surface area contributed by atoms with Crippen LogP contribution in [0.15, 0.2) is 40.4 Å². The SMILES string of the molecule is CC(C)(C)C(=O)O.CC1=C(C(=O)O)N2C(=O)[C@@H](N)[C@H]2SC1.Cc1ccc(S(=O)(=O)O)cc1. The normalized spacial score (nSPS) is 20.1. The summed E-state index contributed by atoms with van der Waals surface area (Å²) >= 11 is 1.51. The molecule has 0 aromatic heterocycles. The van der Waals surface area contributed by atoms with E-state index in [-0.39, 0.29) is 21.9 Å². The van der Waals surface area contributed by atoms with Gasteiger partial charge in [0, 0.05) is 5.75 Å². The highest BCUT2D eigenvalue weighted by Crippen LogP contribution is 2.38. The quantitative estimate of drug-likeness (QED) is 0.355. The number of nitrogens with two attached hydrogens (primary N) is 1.